The molecule has 2 amide bonds. The van der Waals surface area contributed by atoms with Gasteiger partial charge in [0.1, 0.15) is 0 Å². The SMILES string of the molecule is CCOCCC[C@@H]1CC(N(CCC(Cc2ccccc2)NC(=O)O)C2CCC3(CCOCC3)OC2)C(=O)N1. The number of nitrogens with one attached hydrogen (secondary N) is 2. The lowest BCUT2D eigenvalue weighted by Gasteiger charge is -2.46. The van der Waals surface area contributed by atoms with Crippen molar-refractivity contribution in [2.24, 2.45) is 0 Å². The largest absolute Gasteiger partial charge is 0.465 e. The van der Waals surface area contributed by atoms with E-state index in [1.165, 1.54) is 0 Å². The van der Waals surface area contributed by atoms with Crippen LogP contribution in [0.5, 0.6) is 0 Å². The molecular formula is C29H45N3O6. The minimum Gasteiger partial charge on any atom is -0.465 e. The molecule has 0 radical (unpaired) electrons. The van der Waals surface area contributed by atoms with Crippen LogP contribution in [0.3, 0.4) is 0 Å². The van der Waals surface area contributed by atoms with Gasteiger partial charge in [-0.1, -0.05) is 30.3 Å². The zero-order chi connectivity index (χ0) is 26.8. The van der Waals surface area contributed by atoms with E-state index in [1.54, 1.807) is 0 Å². The summed E-state index contributed by atoms with van der Waals surface area (Å²) in [5.74, 6) is 0.0727. The Hall–Kier alpha value is -2.20. The first-order valence-electron chi connectivity index (χ1n) is 14.4. The molecule has 212 valence electrons. The molecule has 3 unspecified atom stereocenters. The minimum absolute atomic E-state index is 0.0727. The van der Waals surface area contributed by atoms with Crippen molar-refractivity contribution >= 4 is 12.0 Å². The molecule has 3 aliphatic rings. The Morgan fingerprint density at radius 3 is 2.74 bits per heavy atom. The minimum atomic E-state index is -1.02. The molecule has 3 saturated heterocycles. The van der Waals surface area contributed by atoms with Crippen LogP contribution in [-0.4, -0.2) is 91.4 Å². The molecule has 9 heteroatoms. The molecule has 9 nitrogen and oxygen atoms in total. The fourth-order valence-corrected chi connectivity index (χ4v) is 6.24. The van der Waals surface area contributed by atoms with Gasteiger partial charge in [0.05, 0.1) is 18.2 Å². The highest BCUT2D eigenvalue weighted by molar-refractivity contribution is 5.84. The number of carbonyl (C=O) groups excluding carboxylic acids is 1. The topological polar surface area (TPSA) is 109 Å². The van der Waals surface area contributed by atoms with Crippen molar-refractivity contribution in [3.8, 4) is 0 Å². The number of hydrogen-bond donors (Lipinski definition) is 3. The Morgan fingerprint density at radius 1 is 1.26 bits per heavy atom. The Morgan fingerprint density at radius 2 is 2.05 bits per heavy atom. The van der Waals surface area contributed by atoms with Crippen molar-refractivity contribution in [3.63, 3.8) is 0 Å². The van der Waals surface area contributed by atoms with E-state index in [2.05, 4.69) is 15.5 Å². The van der Waals surface area contributed by atoms with E-state index in [0.717, 1.165) is 63.7 Å². The Balaban J connectivity index is 1.43. The molecule has 1 spiro atoms. The maximum absolute atomic E-state index is 13.2. The number of carboxylic acid groups (broad SMARTS) is 1. The lowest BCUT2D eigenvalue weighted by Crippen LogP contribution is -2.55. The summed E-state index contributed by atoms with van der Waals surface area (Å²) in [4.78, 5) is 27.1. The Kier molecular flexibility index (Phi) is 10.8. The van der Waals surface area contributed by atoms with Gasteiger partial charge in [-0.15, -0.1) is 0 Å². The number of amides is 2. The molecule has 3 N–H and O–H groups in total. The molecule has 4 rings (SSSR count). The zero-order valence-electron chi connectivity index (χ0n) is 22.7. The van der Waals surface area contributed by atoms with Gasteiger partial charge >= 0.3 is 6.09 Å². The third kappa shape index (κ3) is 8.15. The average molecular weight is 532 g/mol. The molecule has 38 heavy (non-hydrogen) atoms. The summed E-state index contributed by atoms with van der Waals surface area (Å²) in [5.41, 5.74) is 0.995. The van der Waals surface area contributed by atoms with Crippen LogP contribution in [-0.2, 0) is 25.4 Å². The van der Waals surface area contributed by atoms with E-state index < -0.39 is 6.09 Å². The van der Waals surface area contributed by atoms with Crippen LogP contribution in [0.1, 0.15) is 63.9 Å². The van der Waals surface area contributed by atoms with Gasteiger partial charge in [0.2, 0.25) is 5.91 Å². The number of carbonyl (C=O) groups is 2. The van der Waals surface area contributed by atoms with Crippen LogP contribution in [0.25, 0.3) is 0 Å². The fourth-order valence-electron chi connectivity index (χ4n) is 6.24. The Bertz CT molecular complexity index is 868. The van der Waals surface area contributed by atoms with E-state index in [0.29, 0.717) is 39.2 Å². The summed E-state index contributed by atoms with van der Waals surface area (Å²) in [5, 5.41) is 15.4. The normalized spacial score (nSPS) is 25.8. The van der Waals surface area contributed by atoms with Crippen LogP contribution >= 0.6 is 0 Å². The van der Waals surface area contributed by atoms with Gasteiger partial charge < -0.3 is 30.0 Å². The second-order valence-electron chi connectivity index (χ2n) is 11.0. The van der Waals surface area contributed by atoms with Gasteiger partial charge in [-0.2, -0.15) is 0 Å². The highest BCUT2D eigenvalue weighted by Crippen LogP contribution is 2.36. The number of hydrogen-bond acceptors (Lipinski definition) is 6. The van der Waals surface area contributed by atoms with Gasteiger partial charge in [-0.05, 0) is 70.3 Å². The zero-order valence-corrected chi connectivity index (χ0v) is 22.7. The molecule has 4 atom stereocenters. The van der Waals surface area contributed by atoms with Crippen LogP contribution < -0.4 is 10.6 Å². The summed E-state index contributed by atoms with van der Waals surface area (Å²) in [6.45, 7) is 6.11. The lowest BCUT2D eigenvalue weighted by atomic mass is 9.84. The summed E-state index contributed by atoms with van der Waals surface area (Å²) in [6, 6.07) is 9.74. The van der Waals surface area contributed by atoms with E-state index in [-0.39, 0.29) is 35.7 Å². The van der Waals surface area contributed by atoms with Crippen molar-refractivity contribution in [1.29, 1.82) is 0 Å². The molecular weight excluding hydrogens is 486 g/mol. The average Bonchev–Trinajstić information content (AvgIpc) is 3.28. The molecule has 3 aliphatic heterocycles. The molecule has 0 aromatic heterocycles. The van der Waals surface area contributed by atoms with Gasteiger partial charge in [0.15, 0.2) is 0 Å². The van der Waals surface area contributed by atoms with Crippen LogP contribution in [0.15, 0.2) is 30.3 Å². The van der Waals surface area contributed by atoms with Crippen molar-refractivity contribution in [2.45, 2.75) is 94.5 Å². The van der Waals surface area contributed by atoms with E-state index in [9.17, 15) is 14.7 Å². The van der Waals surface area contributed by atoms with Crippen LogP contribution in [0, 0.1) is 0 Å². The predicted molar refractivity (Wildman–Crippen MR) is 144 cm³/mol. The summed E-state index contributed by atoms with van der Waals surface area (Å²) < 4.78 is 17.6. The first kappa shape index (κ1) is 28.8. The van der Waals surface area contributed by atoms with Gasteiger partial charge in [-0.3, -0.25) is 9.69 Å². The van der Waals surface area contributed by atoms with Crippen molar-refractivity contribution in [1.82, 2.24) is 15.5 Å². The third-order valence-electron chi connectivity index (χ3n) is 8.38. The summed E-state index contributed by atoms with van der Waals surface area (Å²) in [7, 11) is 0. The first-order valence-corrected chi connectivity index (χ1v) is 14.4. The van der Waals surface area contributed by atoms with Crippen molar-refractivity contribution in [2.75, 3.05) is 39.6 Å². The fraction of sp³-hybridized carbons (Fsp3) is 0.724. The lowest BCUT2D eigenvalue weighted by molar-refractivity contribution is -0.158. The predicted octanol–water partition coefficient (Wildman–Crippen LogP) is 3.36. The Labute approximate surface area is 226 Å². The van der Waals surface area contributed by atoms with Gasteiger partial charge in [0.25, 0.3) is 0 Å². The monoisotopic (exact) mass is 531 g/mol. The maximum atomic E-state index is 13.2. The van der Waals surface area contributed by atoms with Crippen LogP contribution in [0.4, 0.5) is 4.79 Å². The molecule has 3 fully saturated rings. The number of benzene rings is 1. The first-order chi connectivity index (χ1) is 18.5. The van der Waals surface area contributed by atoms with E-state index in [1.807, 2.05) is 37.3 Å². The maximum Gasteiger partial charge on any atom is 0.404 e. The van der Waals surface area contributed by atoms with Crippen molar-refractivity contribution < 1.29 is 28.9 Å². The highest BCUT2D eigenvalue weighted by Gasteiger charge is 2.44. The molecule has 0 aliphatic carbocycles. The van der Waals surface area contributed by atoms with Gasteiger partial charge in [0, 0.05) is 51.1 Å². The summed E-state index contributed by atoms with van der Waals surface area (Å²) in [6.07, 6.45) is 6.57. The number of ether oxygens (including phenoxy) is 3. The third-order valence-corrected chi connectivity index (χ3v) is 8.38. The molecule has 0 saturated carbocycles. The number of rotatable bonds is 13. The van der Waals surface area contributed by atoms with Crippen LogP contribution in [0.2, 0.25) is 0 Å². The van der Waals surface area contributed by atoms with Gasteiger partial charge in [-0.25, -0.2) is 4.79 Å². The second kappa shape index (κ2) is 14.3. The van der Waals surface area contributed by atoms with E-state index >= 15 is 0 Å². The second-order valence-corrected chi connectivity index (χ2v) is 11.0. The summed E-state index contributed by atoms with van der Waals surface area (Å²) >= 11 is 0. The molecule has 1 aromatic carbocycles. The highest BCUT2D eigenvalue weighted by atomic mass is 16.5. The molecule has 3 heterocycles. The number of nitrogens with zero attached hydrogens (tertiary/aromatic N) is 1. The smallest absolute Gasteiger partial charge is 0.404 e. The van der Waals surface area contributed by atoms with E-state index in [4.69, 9.17) is 14.2 Å². The standard InChI is InChI=1S/C29H45N3O6/c1-2-36-16-6-9-23-20-26(27(33)30-23)32(25-10-12-29(38-21-25)13-17-37-18-14-29)15-11-24(31-28(34)35)19-22-7-4-3-5-8-22/h3-5,7-8,23-26,31H,2,6,9-21H2,1H3,(H,30,33)(H,34,35)/t23-,24?,25?,26?/m1/s1. The molecule has 0 bridgehead atoms. The quantitative estimate of drug-likeness (QED) is 0.335. The molecule has 1 aromatic rings. The van der Waals surface area contributed by atoms with Crippen molar-refractivity contribution in [3.05, 3.63) is 35.9 Å².